The number of nitrogens with zero attached hydrogens (tertiary/aromatic N) is 1. The van der Waals surface area contributed by atoms with Gasteiger partial charge in [0.05, 0.1) is 12.6 Å². The Kier molecular flexibility index (Phi) is 6.10. The lowest BCUT2D eigenvalue weighted by Gasteiger charge is -2.25. The van der Waals surface area contributed by atoms with Crippen LogP contribution in [-0.2, 0) is 4.79 Å². The fourth-order valence-corrected chi connectivity index (χ4v) is 2.89. The van der Waals surface area contributed by atoms with Crippen LogP contribution in [0.2, 0.25) is 0 Å². The summed E-state index contributed by atoms with van der Waals surface area (Å²) in [6.07, 6.45) is 0. The quantitative estimate of drug-likeness (QED) is 0.756. The first-order chi connectivity index (χ1) is 13.4. The number of likely N-dealkylation sites (N-methyl/N-ethyl adjacent to an activating group) is 1. The van der Waals surface area contributed by atoms with E-state index in [9.17, 15) is 14.0 Å². The predicted molar refractivity (Wildman–Crippen MR) is 101 cm³/mol. The highest BCUT2D eigenvalue weighted by Crippen LogP contribution is 2.32. The predicted octanol–water partition coefficient (Wildman–Crippen LogP) is 1.70. The summed E-state index contributed by atoms with van der Waals surface area (Å²) in [7, 11) is 3.70. The van der Waals surface area contributed by atoms with Crippen LogP contribution in [0.25, 0.3) is 0 Å². The summed E-state index contributed by atoms with van der Waals surface area (Å²) in [5.74, 6) is 0.0362. The molecule has 2 amide bonds. The molecule has 0 aromatic heterocycles. The van der Waals surface area contributed by atoms with Gasteiger partial charge in [-0.15, -0.1) is 0 Å². The summed E-state index contributed by atoms with van der Waals surface area (Å²) in [5.41, 5.74) is 1.14. The number of rotatable bonds is 7. The van der Waals surface area contributed by atoms with Crippen molar-refractivity contribution in [2.75, 3.05) is 34.0 Å². The van der Waals surface area contributed by atoms with Crippen LogP contribution in [0.1, 0.15) is 22.0 Å². The van der Waals surface area contributed by atoms with Crippen LogP contribution in [0.4, 0.5) is 4.39 Å². The molecule has 2 aromatic carbocycles. The summed E-state index contributed by atoms with van der Waals surface area (Å²) in [6.45, 7) is 0.243. The summed E-state index contributed by atoms with van der Waals surface area (Å²) in [6, 6.07) is 10.9. The molecule has 2 aromatic rings. The zero-order valence-electron chi connectivity index (χ0n) is 15.7. The highest BCUT2D eigenvalue weighted by Gasteiger charge is 2.18. The number of amides is 2. The van der Waals surface area contributed by atoms with Gasteiger partial charge in [-0.3, -0.25) is 9.59 Å². The van der Waals surface area contributed by atoms with Crippen molar-refractivity contribution in [1.82, 2.24) is 15.5 Å². The molecule has 0 saturated heterocycles. The maximum Gasteiger partial charge on any atom is 0.251 e. The molecule has 0 spiro atoms. The van der Waals surface area contributed by atoms with Gasteiger partial charge in [0.25, 0.3) is 5.91 Å². The van der Waals surface area contributed by atoms with Gasteiger partial charge in [0.2, 0.25) is 12.7 Å². The molecular weight excluding hydrogens is 365 g/mol. The number of hydrogen-bond donors (Lipinski definition) is 2. The molecule has 0 fully saturated rings. The normalized spacial score (nSPS) is 13.3. The molecule has 1 aliphatic heterocycles. The van der Waals surface area contributed by atoms with Crippen molar-refractivity contribution in [2.24, 2.45) is 0 Å². The molecule has 0 aliphatic carbocycles. The molecule has 8 heteroatoms. The van der Waals surface area contributed by atoms with E-state index < -0.39 is 0 Å². The van der Waals surface area contributed by atoms with Gasteiger partial charge < -0.3 is 25.0 Å². The average Bonchev–Trinajstić information content (AvgIpc) is 3.14. The zero-order valence-corrected chi connectivity index (χ0v) is 15.7. The van der Waals surface area contributed by atoms with Crippen LogP contribution in [0.3, 0.4) is 0 Å². The second kappa shape index (κ2) is 8.71. The van der Waals surface area contributed by atoms with Gasteiger partial charge >= 0.3 is 0 Å². The summed E-state index contributed by atoms with van der Waals surface area (Å²) in [4.78, 5) is 26.2. The van der Waals surface area contributed by atoms with E-state index in [2.05, 4.69) is 10.6 Å². The number of fused-ring (bicyclic) bond motifs is 1. The van der Waals surface area contributed by atoms with Gasteiger partial charge in [-0.1, -0.05) is 12.1 Å². The van der Waals surface area contributed by atoms with Crippen molar-refractivity contribution in [3.63, 3.8) is 0 Å². The van der Waals surface area contributed by atoms with E-state index in [0.29, 0.717) is 17.1 Å². The monoisotopic (exact) mass is 387 g/mol. The first-order valence-corrected chi connectivity index (χ1v) is 8.80. The molecule has 2 N–H and O–H groups in total. The largest absolute Gasteiger partial charge is 0.454 e. The van der Waals surface area contributed by atoms with E-state index in [1.54, 1.807) is 30.3 Å². The van der Waals surface area contributed by atoms with Crippen molar-refractivity contribution < 1.29 is 23.5 Å². The number of carbonyl (C=O) groups excluding carboxylic acids is 2. The third-order valence-electron chi connectivity index (χ3n) is 4.39. The van der Waals surface area contributed by atoms with Crippen molar-refractivity contribution in [3.8, 4) is 11.5 Å². The number of nitrogens with one attached hydrogen (secondary N) is 2. The number of hydrogen-bond acceptors (Lipinski definition) is 5. The molecule has 7 nitrogen and oxygen atoms in total. The SMILES string of the molecule is CN(C)C(CNC(=O)CNC(=O)c1ccc2c(c1)OCO2)c1cccc(F)c1. The molecule has 28 heavy (non-hydrogen) atoms. The molecular formula is C20H22FN3O4. The average molecular weight is 387 g/mol. The minimum absolute atomic E-state index is 0.126. The Morgan fingerprint density at radius 2 is 1.89 bits per heavy atom. The Morgan fingerprint density at radius 3 is 2.64 bits per heavy atom. The van der Waals surface area contributed by atoms with E-state index in [0.717, 1.165) is 5.56 Å². The van der Waals surface area contributed by atoms with E-state index in [1.807, 2.05) is 19.0 Å². The van der Waals surface area contributed by atoms with Crippen molar-refractivity contribution in [3.05, 3.63) is 59.4 Å². The fraction of sp³-hybridized carbons (Fsp3) is 0.300. The molecule has 1 heterocycles. The fourth-order valence-electron chi connectivity index (χ4n) is 2.89. The molecule has 1 unspecified atom stereocenters. The Balaban J connectivity index is 1.51. The highest BCUT2D eigenvalue weighted by atomic mass is 19.1. The molecule has 0 radical (unpaired) electrons. The molecule has 3 rings (SSSR count). The third kappa shape index (κ3) is 4.77. The first-order valence-electron chi connectivity index (χ1n) is 8.80. The van der Waals surface area contributed by atoms with Gasteiger partial charge in [0.15, 0.2) is 11.5 Å². The Morgan fingerprint density at radius 1 is 1.11 bits per heavy atom. The van der Waals surface area contributed by atoms with Gasteiger partial charge in [-0.2, -0.15) is 0 Å². The van der Waals surface area contributed by atoms with E-state index in [1.165, 1.54) is 12.1 Å². The van der Waals surface area contributed by atoms with Crippen LogP contribution in [-0.4, -0.2) is 50.7 Å². The van der Waals surface area contributed by atoms with Crippen LogP contribution in [0, 0.1) is 5.82 Å². The standard InChI is InChI=1S/C20H22FN3O4/c1-24(2)16(13-4-3-5-15(21)8-13)10-22-19(25)11-23-20(26)14-6-7-17-18(9-14)28-12-27-17/h3-9,16H,10-12H2,1-2H3,(H,22,25)(H,23,26). The van der Waals surface area contributed by atoms with Gasteiger partial charge in [-0.05, 0) is 50.0 Å². The topological polar surface area (TPSA) is 79.9 Å². The van der Waals surface area contributed by atoms with E-state index in [4.69, 9.17) is 9.47 Å². The first kappa shape index (κ1) is 19.6. The van der Waals surface area contributed by atoms with Gasteiger partial charge in [0, 0.05) is 12.1 Å². The number of benzene rings is 2. The number of carbonyl (C=O) groups is 2. The zero-order chi connectivity index (χ0) is 20.1. The summed E-state index contributed by atoms with van der Waals surface area (Å²) in [5, 5.41) is 5.34. The van der Waals surface area contributed by atoms with E-state index in [-0.39, 0.29) is 43.6 Å². The van der Waals surface area contributed by atoms with Crippen LogP contribution in [0.15, 0.2) is 42.5 Å². The Bertz CT molecular complexity index is 872. The van der Waals surface area contributed by atoms with Crippen molar-refractivity contribution in [2.45, 2.75) is 6.04 Å². The van der Waals surface area contributed by atoms with Crippen LogP contribution >= 0.6 is 0 Å². The minimum Gasteiger partial charge on any atom is -0.454 e. The second-order valence-corrected chi connectivity index (χ2v) is 6.59. The Hall–Kier alpha value is -3.13. The molecule has 1 aliphatic rings. The number of ether oxygens (including phenoxy) is 2. The van der Waals surface area contributed by atoms with Crippen LogP contribution < -0.4 is 20.1 Å². The van der Waals surface area contributed by atoms with E-state index >= 15 is 0 Å². The smallest absolute Gasteiger partial charge is 0.251 e. The number of halogens is 1. The summed E-state index contributed by atoms with van der Waals surface area (Å²) < 4.78 is 23.9. The molecule has 0 bridgehead atoms. The molecule has 148 valence electrons. The second-order valence-electron chi connectivity index (χ2n) is 6.59. The Labute approximate surface area is 162 Å². The van der Waals surface area contributed by atoms with Crippen molar-refractivity contribution in [1.29, 1.82) is 0 Å². The van der Waals surface area contributed by atoms with Crippen LogP contribution in [0.5, 0.6) is 11.5 Å². The summed E-state index contributed by atoms with van der Waals surface area (Å²) >= 11 is 0. The lowest BCUT2D eigenvalue weighted by atomic mass is 10.1. The van der Waals surface area contributed by atoms with Gasteiger partial charge in [0.1, 0.15) is 5.82 Å². The minimum atomic E-state index is -0.386. The van der Waals surface area contributed by atoms with Crippen molar-refractivity contribution >= 4 is 11.8 Å². The maximum atomic E-state index is 13.5. The molecule has 0 saturated carbocycles. The van der Waals surface area contributed by atoms with Gasteiger partial charge in [-0.25, -0.2) is 4.39 Å². The third-order valence-corrected chi connectivity index (χ3v) is 4.39. The lowest BCUT2D eigenvalue weighted by molar-refractivity contribution is -0.120. The maximum absolute atomic E-state index is 13.5. The molecule has 1 atom stereocenters. The lowest BCUT2D eigenvalue weighted by Crippen LogP contribution is -2.40. The highest BCUT2D eigenvalue weighted by molar-refractivity contribution is 5.97.